The zero-order valence-corrected chi connectivity index (χ0v) is 17.0. The zero-order valence-electron chi connectivity index (χ0n) is 15.4. The van der Waals surface area contributed by atoms with Gasteiger partial charge in [-0.1, -0.05) is 35.9 Å². The molecule has 152 valence electrons. The predicted molar refractivity (Wildman–Crippen MR) is 112 cm³/mol. The fourth-order valence-corrected chi connectivity index (χ4v) is 3.83. The van der Waals surface area contributed by atoms with Crippen LogP contribution in [0.4, 0.5) is 4.39 Å². The molecule has 0 bridgehead atoms. The summed E-state index contributed by atoms with van der Waals surface area (Å²) < 4.78 is 43.3. The molecule has 0 aliphatic rings. The molecule has 1 aromatic heterocycles. The molecule has 4 rings (SSSR count). The third-order valence-electron chi connectivity index (χ3n) is 4.44. The number of hydrogen-bond acceptors (Lipinski definition) is 5. The van der Waals surface area contributed by atoms with E-state index >= 15 is 0 Å². The number of halogens is 2. The molecule has 0 spiro atoms. The first kappa shape index (κ1) is 20.2. The Morgan fingerprint density at radius 3 is 2.63 bits per heavy atom. The third-order valence-corrected chi connectivity index (χ3v) is 5.66. The molecule has 0 atom stereocenters. The number of aromatic nitrogens is 2. The van der Waals surface area contributed by atoms with E-state index in [4.69, 9.17) is 21.5 Å². The van der Waals surface area contributed by atoms with Crippen molar-refractivity contribution in [3.63, 3.8) is 0 Å². The van der Waals surface area contributed by atoms with Crippen LogP contribution in [0.1, 0.15) is 5.56 Å². The Morgan fingerprint density at radius 1 is 1.03 bits per heavy atom. The number of sulfonamides is 1. The van der Waals surface area contributed by atoms with Crippen LogP contribution in [0.2, 0.25) is 5.02 Å². The van der Waals surface area contributed by atoms with Crippen LogP contribution in [0, 0.1) is 5.82 Å². The van der Waals surface area contributed by atoms with Crippen LogP contribution in [0.5, 0.6) is 5.75 Å². The summed E-state index contributed by atoms with van der Waals surface area (Å²) >= 11 is 6.19. The molecule has 9 heteroatoms. The van der Waals surface area contributed by atoms with Crippen LogP contribution in [-0.2, 0) is 16.6 Å². The summed E-state index contributed by atoms with van der Waals surface area (Å²) in [5, 5.41) is 6.21. The van der Waals surface area contributed by atoms with Crippen molar-refractivity contribution < 1.29 is 17.5 Å². The average molecular weight is 444 g/mol. The van der Waals surface area contributed by atoms with E-state index in [-0.39, 0.29) is 17.1 Å². The predicted octanol–water partition coefficient (Wildman–Crippen LogP) is 4.32. The van der Waals surface area contributed by atoms with Gasteiger partial charge in [0, 0.05) is 10.9 Å². The quantitative estimate of drug-likeness (QED) is 0.495. The number of primary sulfonamides is 1. The van der Waals surface area contributed by atoms with E-state index in [1.54, 1.807) is 30.3 Å². The molecule has 3 aromatic carbocycles. The molecule has 0 saturated heterocycles. The van der Waals surface area contributed by atoms with Crippen LogP contribution in [0.15, 0.2) is 71.9 Å². The highest BCUT2D eigenvalue weighted by Gasteiger charge is 2.14. The molecule has 30 heavy (non-hydrogen) atoms. The first-order valence-electron chi connectivity index (χ1n) is 8.76. The summed E-state index contributed by atoms with van der Waals surface area (Å²) in [5.74, 6) is -0.0836. The number of fused-ring (bicyclic) bond motifs is 1. The molecule has 0 aliphatic heterocycles. The summed E-state index contributed by atoms with van der Waals surface area (Å²) in [6, 6.07) is 15.6. The summed E-state index contributed by atoms with van der Waals surface area (Å²) in [4.78, 5) is 8.39. The number of nitrogens with two attached hydrogens (primary N) is 1. The monoisotopic (exact) mass is 443 g/mol. The van der Waals surface area contributed by atoms with Gasteiger partial charge in [-0.25, -0.2) is 27.9 Å². The Labute approximate surface area is 177 Å². The van der Waals surface area contributed by atoms with Gasteiger partial charge in [-0.15, -0.1) is 0 Å². The molecular formula is C21H15ClFN3O3S. The van der Waals surface area contributed by atoms with Crippen LogP contribution < -0.4 is 9.88 Å². The van der Waals surface area contributed by atoms with Crippen molar-refractivity contribution >= 4 is 32.5 Å². The van der Waals surface area contributed by atoms with Crippen molar-refractivity contribution in [2.75, 3.05) is 0 Å². The minimum absolute atomic E-state index is 0.00673. The molecule has 0 amide bonds. The minimum atomic E-state index is -3.81. The molecule has 4 aromatic rings. The van der Waals surface area contributed by atoms with E-state index in [1.807, 2.05) is 0 Å². The summed E-state index contributed by atoms with van der Waals surface area (Å²) in [7, 11) is -3.81. The van der Waals surface area contributed by atoms with Crippen LogP contribution >= 0.6 is 11.6 Å². The van der Waals surface area contributed by atoms with Crippen LogP contribution in [0.3, 0.4) is 0 Å². The van der Waals surface area contributed by atoms with Crippen molar-refractivity contribution in [3.8, 4) is 17.0 Å². The maximum absolute atomic E-state index is 14.6. The average Bonchev–Trinajstić information content (AvgIpc) is 2.73. The number of benzene rings is 3. The number of ether oxygens (including phenoxy) is 1. The Morgan fingerprint density at radius 2 is 1.83 bits per heavy atom. The van der Waals surface area contributed by atoms with Crippen molar-refractivity contribution in [2.24, 2.45) is 5.14 Å². The second-order valence-electron chi connectivity index (χ2n) is 6.48. The van der Waals surface area contributed by atoms with Gasteiger partial charge in [0.1, 0.15) is 24.5 Å². The summed E-state index contributed by atoms with van der Waals surface area (Å²) in [5.41, 5.74) is 1.75. The van der Waals surface area contributed by atoms with Gasteiger partial charge >= 0.3 is 0 Å². The molecule has 0 radical (unpaired) electrons. The molecule has 0 aliphatic carbocycles. The van der Waals surface area contributed by atoms with Gasteiger partial charge in [0.05, 0.1) is 21.1 Å². The largest absolute Gasteiger partial charge is 0.489 e. The van der Waals surface area contributed by atoms with Crippen LogP contribution in [-0.4, -0.2) is 18.4 Å². The topological polar surface area (TPSA) is 95.2 Å². The van der Waals surface area contributed by atoms with Crippen molar-refractivity contribution in [3.05, 3.63) is 83.4 Å². The molecule has 0 fully saturated rings. The van der Waals surface area contributed by atoms with E-state index in [9.17, 15) is 12.8 Å². The smallest absolute Gasteiger partial charge is 0.238 e. The van der Waals surface area contributed by atoms with Gasteiger partial charge in [-0.05, 0) is 42.0 Å². The lowest BCUT2D eigenvalue weighted by Crippen LogP contribution is -2.12. The second-order valence-corrected chi connectivity index (χ2v) is 8.45. The summed E-state index contributed by atoms with van der Waals surface area (Å²) in [6.45, 7) is 0.0742. The van der Waals surface area contributed by atoms with Gasteiger partial charge in [0.2, 0.25) is 10.0 Å². The van der Waals surface area contributed by atoms with Crippen molar-refractivity contribution in [1.82, 2.24) is 9.97 Å². The highest BCUT2D eigenvalue weighted by atomic mass is 35.5. The Bertz CT molecular complexity index is 1360. The lowest BCUT2D eigenvalue weighted by Gasteiger charge is -2.11. The first-order chi connectivity index (χ1) is 14.3. The van der Waals surface area contributed by atoms with Crippen molar-refractivity contribution in [2.45, 2.75) is 11.5 Å². The Hall–Kier alpha value is -3.07. The maximum atomic E-state index is 14.6. The minimum Gasteiger partial charge on any atom is -0.489 e. The molecule has 0 saturated carbocycles. The number of nitrogens with zero attached hydrogens (tertiary/aromatic N) is 2. The highest BCUT2D eigenvalue weighted by Crippen LogP contribution is 2.32. The van der Waals surface area contributed by atoms with Gasteiger partial charge in [-0.3, -0.25) is 0 Å². The second kappa shape index (κ2) is 7.98. The maximum Gasteiger partial charge on any atom is 0.238 e. The molecule has 2 N–H and O–H groups in total. The van der Waals surface area contributed by atoms with E-state index in [0.717, 1.165) is 0 Å². The summed E-state index contributed by atoms with van der Waals surface area (Å²) in [6.07, 6.45) is 1.33. The van der Waals surface area contributed by atoms with E-state index in [0.29, 0.717) is 32.9 Å². The van der Waals surface area contributed by atoms with E-state index < -0.39 is 15.8 Å². The van der Waals surface area contributed by atoms with E-state index in [2.05, 4.69) is 9.97 Å². The lowest BCUT2D eigenvalue weighted by atomic mass is 10.1. The van der Waals surface area contributed by atoms with Gasteiger partial charge in [0.15, 0.2) is 0 Å². The lowest BCUT2D eigenvalue weighted by molar-refractivity contribution is 0.305. The highest BCUT2D eigenvalue weighted by molar-refractivity contribution is 7.89. The van der Waals surface area contributed by atoms with Crippen molar-refractivity contribution in [1.29, 1.82) is 0 Å². The zero-order chi connectivity index (χ0) is 21.3. The molecule has 1 heterocycles. The fourth-order valence-electron chi connectivity index (χ4n) is 3.02. The fraction of sp³-hybridized carbons (Fsp3) is 0.0476. The molecule has 0 unspecified atom stereocenters. The van der Waals surface area contributed by atoms with E-state index in [1.165, 1.54) is 36.7 Å². The van der Waals surface area contributed by atoms with Gasteiger partial charge < -0.3 is 4.74 Å². The molecule has 6 nitrogen and oxygen atoms in total. The SMILES string of the molecule is NS(=O)(=O)c1cccc(COc2ccc(F)c(-c3ncnc4c(Cl)cccc34)c2)c1. The number of rotatable bonds is 5. The first-order valence-corrected chi connectivity index (χ1v) is 10.7. The Kier molecular flexibility index (Phi) is 5.38. The van der Waals surface area contributed by atoms with Crippen LogP contribution in [0.25, 0.3) is 22.2 Å². The van der Waals surface area contributed by atoms with Gasteiger partial charge in [0.25, 0.3) is 0 Å². The molecular weight excluding hydrogens is 429 g/mol. The third kappa shape index (κ3) is 4.11. The Balaban J connectivity index is 1.66. The number of hydrogen-bond donors (Lipinski definition) is 1. The number of para-hydroxylation sites is 1. The standard InChI is InChI=1S/C21H15ClFN3O3S/c22-18-6-2-5-16-20(25-12-26-21(16)18)17-10-14(7-8-19(17)23)29-11-13-3-1-4-15(9-13)30(24,27)28/h1-10,12H,11H2,(H2,24,27,28). The normalized spacial score (nSPS) is 11.6. The van der Waals surface area contributed by atoms with Gasteiger partial charge in [-0.2, -0.15) is 0 Å².